The number of anilines is 1. The van der Waals surface area contributed by atoms with Gasteiger partial charge in [-0.2, -0.15) is 0 Å². The maximum atomic E-state index is 12.8. The first-order valence-corrected chi connectivity index (χ1v) is 11.3. The zero-order valence-electron chi connectivity index (χ0n) is 14.3. The van der Waals surface area contributed by atoms with E-state index in [0.29, 0.717) is 0 Å². The number of hydrogen-bond acceptors (Lipinski definition) is 5. The van der Waals surface area contributed by atoms with Crippen LogP contribution in [0.2, 0.25) is 0 Å². The largest absolute Gasteiger partial charge is 0.340 e. The molecule has 12 heteroatoms. The minimum absolute atomic E-state index is 0.0545. The van der Waals surface area contributed by atoms with Gasteiger partial charge in [-0.1, -0.05) is 36.4 Å². The van der Waals surface area contributed by atoms with E-state index in [1.807, 2.05) is 0 Å². The highest BCUT2D eigenvalue weighted by Gasteiger charge is 2.47. The summed E-state index contributed by atoms with van der Waals surface area (Å²) in [5, 5.41) is -0.169. The molecule has 0 aliphatic rings. The Labute approximate surface area is 160 Å². The van der Waals surface area contributed by atoms with Crippen molar-refractivity contribution in [3.63, 3.8) is 0 Å². The van der Waals surface area contributed by atoms with Gasteiger partial charge in [0, 0.05) is 11.8 Å². The maximum Gasteiger partial charge on any atom is 0.340 e. The minimum Gasteiger partial charge on any atom is -0.324 e. The molecule has 1 aromatic carbocycles. The normalized spacial score (nSPS) is 13.2. The Morgan fingerprint density at radius 3 is 2.00 bits per heavy atom. The van der Waals surface area contributed by atoms with Gasteiger partial charge in [0.1, 0.15) is 11.7 Å². The number of benzene rings is 1. The molecule has 0 aliphatic carbocycles. The first-order valence-electron chi connectivity index (χ1n) is 7.91. The molecule has 0 saturated carbocycles. The highest BCUT2D eigenvalue weighted by Crippen LogP contribution is 2.62. The molecule has 28 heavy (non-hydrogen) atoms. The lowest BCUT2D eigenvalue weighted by Gasteiger charge is -2.23. The minimum atomic E-state index is -5.32. The van der Waals surface area contributed by atoms with Crippen molar-refractivity contribution in [1.82, 2.24) is 4.98 Å². The molecule has 1 atom stereocenters. The molecule has 2 rings (SSSR count). The van der Waals surface area contributed by atoms with Crippen molar-refractivity contribution in [2.24, 2.45) is 5.92 Å². The van der Waals surface area contributed by atoms with Gasteiger partial charge in [-0.15, -0.1) is 0 Å². The number of ketones is 1. The third-order valence-electron chi connectivity index (χ3n) is 3.83. The van der Waals surface area contributed by atoms with E-state index in [1.165, 1.54) is 36.5 Å². The fourth-order valence-corrected chi connectivity index (χ4v) is 5.01. The smallest absolute Gasteiger partial charge is 0.324 e. The average molecular weight is 428 g/mol. The summed E-state index contributed by atoms with van der Waals surface area (Å²) in [6.07, 6.45) is 0.332. The van der Waals surface area contributed by atoms with Crippen LogP contribution in [0.3, 0.4) is 0 Å². The van der Waals surface area contributed by atoms with Crippen molar-refractivity contribution in [2.45, 2.75) is 11.8 Å². The molecule has 150 valence electrons. The van der Waals surface area contributed by atoms with Crippen LogP contribution in [0.4, 0.5) is 5.82 Å². The average Bonchev–Trinajstić information content (AvgIpc) is 2.61. The lowest BCUT2D eigenvalue weighted by molar-refractivity contribution is -0.118. The van der Waals surface area contributed by atoms with Crippen LogP contribution >= 0.6 is 15.2 Å². The van der Waals surface area contributed by atoms with Gasteiger partial charge in [-0.3, -0.25) is 18.7 Å². The molecule has 1 amide bonds. The molecule has 1 heterocycles. The highest BCUT2D eigenvalue weighted by molar-refractivity contribution is 7.70. The lowest BCUT2D eigenvalue weighted by atomic mass is 9.94. The van der Waals surface area contributed by atoms with Gasteiger partial charge < -0.3 is 24.9 Å². The second-order valence-corrected chi connectivity index (χ2v) is 9.89. The molecule has 0 bridgehead atoms. The molecular weight excluding hydrogens is 410 g/mol. The third kappa shape index (κ3) is 5.90. The molecule has 1 unspecified atom stereocenters. The summed E-state index contributed by atoms with van der Waals surface area (Å²) in [6.45, 7) is 0. The topological polar surface area (TPSA) is 174 Å². The van der Waals surface area contributed by atoms with E-state index in [2.05, 4.69) is 10.3 Å². The van der Waals surface area contributed by atoms with E-state index in [9.17, 15) is 38.3 Å². The van der Waals surface area contributed by atoms with Crippen molar-refractivity contribution in [2.75, 3.05) is 5.32 Å². The molecule has 0 aliphatic heterocycles. The lowest BCUT2D eigenvalue weighted by Crippen LogP contribution is -2.33. The summed E-state index contributed by atoms with van der Waals surface area (Å²) in [5.74, 6) is -3.50. The van der Waals surface area contributed by atoms with Gasteiger partial charge in [-0.25, -0.2) is 4.98 Å². The van der Waals surface area contributed by atoms with E-state index in [-0.39, 0.29) is 11.4 Å². The molecular formula is C16H18N2O8P2. The number of aromatic nitrogens is 1. The van der Waals surface area contributed by atoms with Gasteiger partial charge in [0.2, 0.25) is 5.91 Å². The number of hydrogen-bond donors (Lipinski definition) is 5. The first-order chi connectivity index (χ1) is 13.0. The summed E-state index contributed by atoms with van der Waals surface area (Å²) < 4.78 is 23.2. The second-order valence-electron chi connectivity index (χ2n) is 5.88. The Morgan fingerprint density at radius 2 is 1.50 bits per heavy atom. The van der Waals surface area contributed by atoms with Gasteiger partial charge >= 0.3 is 15.2 Å². The molecule has 5 N–H and O–H groups in total. The first kappa shape index (κ1) is 22.1. The van der Waals surface area contributed by atoms with Gasteiger partial charge in [-0.05, 0) is 18.6 Å². The molecule has 0 radical (unpaired) electrons. The summed E-state index contributed by atoms with van der Waals surface area (Å²) in [5.41, 5.74) is 0.0545. The highest BCUT2D eigenvalue weighted by atomic mass is 31.2. The number of carbonyl (C=O) groups excluding carboxylic acids is 2. The van der Waals surface area contributed by atoms with Crippen LogP contribution in [-0.4, -0.2) is 41.6 Å². The SMILES string of the molecule is O=C(Nc1ccccn1)C(CC(P(=O)(O)O)P(=O)(O)O)C(=O)c1ccccc1. The monoisotopic (exact) mass is 428 g/mol. The van der Waals surface area contributed by atoms with E-state index in [0.717, 1.165) is 0 Å². The molecule has 1 aromatic heterocycles. The van der Waals surface area contributed by atoms with Crippen LogP contribution in [0.5, 0.6) is 0 Å². The maximum absolute atomic E-state index is 12.8. The van der Waals surface area contributed by atoms with Gasteiger partial charge in [0.15, 0.2) is 11.2 Å². The number of nitrogens with one attached hydrogen (secondary N) is 1. The van der Waals surface area contributed by atoms with Crippen LogP contribution < -0.4 is 5.32 Å². The Kier molecular flexibility index (Phi) is 7.01. The van der Waals surface area contributed by atoms with Crippen LogP contribution in [-0.2, 0) is 13.9 Å². The van der Waals surface area contributed by atoms with E-state index >= 15 is 0 Å². The predicted octanol–water partition coefficient (Wildman–Crippen LogP) is 1.59. The Balaban J connectivity index is 2.40. The van der Waals surface area contributed by atoms with Crippen molar-refractivity contribution in [1.29, 1.82) is 0 Å². The molecule has 10 nitrogen and oxygen atoms in total. The number of pyridine rings is 1. The quantitative estimate of drug-likeness (QED) is 0.238. The van der Waals surface area contributed by atoms with Crippen molar-refractivity contribution in [3.8, 4) is 0 Å². The summed E-state index contributed by atoms with van der Waals surface area (Å²) in [4.78, 5) is 66.7. The van der Waals surface area contributed by atoms with Crippen LogP contribution in [0.15, 0.2) is 54.7 Å². The number of nitrogens with zero attached hydrogens (tertiary/aromatic N) is 1. The zero-order chi connectivity index (χ0) is 20.9. The van der Waals surface area contributed by atoms with Crippen molar-refractivity contribution < 1.29 is 38.3 Å². The van der Waals surface area contributed by atoms with Crippen LogP contribution in [0.1, 0.15) is 16.8 Å². The summed E-state index contributed by atoms with van der Waals surface area (Å²) in [7, 11) is -10.6. The summed E-state index contributed by atoms with van der Waals surface area (Å²) >= 11 is 0. The Bertz CT molecular complexity index is 904. The molecule has 0 spiro atoms. The van der Waals surface area contributed by atoms with Gasteiger partial charge in [0.05, 0.1) is 0 Å². The standard InChI is InChI=1S/C16H18N2O8P2/c19-15(11-6-2-1-3-7-11)12(10-14(27(21,22)23)28(24,25)26)16(20)18-13-8-4-5-9-17-13/h1-9,12,14H,10H2,(H,17,18,20)(H2,21,22,23)(H2,24,25,26). The van der Waals surface area contributed by atoms with E-state index < -0.39 is 44.6 Å². The van der Waals surface area contributed by atoms with E-state index in [4.69, 9.17) is 0 Å². The third-order valence-corrected chi connectivity index (χ3v) is 7.61. The fourth-order valence-electron chi connectivity index (χ4n) is 2.47. The second kappa shape index (κ2) is 8.87. The number of carbonyl (C=O) groups is 2. The van der Waals surface area contributed by atoms with Crippen molar-refractivity contribution in [3.05, 3.63) is 60.3 Å². The van der Waals surface area contributed by atoms with Crippen LogP contribution in [0.25, 0.3) is 0 Å². The predicted molar refractivity (Wildman–Crippen MR) is 99.6 cm³/mol. The number of rotatable bonds is 8. The number of amides is 1. The fraction of sp³-hybridized carbons (Fsp3) is 0.188. The van der Waals surface area contributed by atoms with Gasteiger partial charge in [0.25, 0.3) is 0 Å². The molecule has 0 saturated heterocycles. The molecule has 0 fully saturated rings. The summed E-state index contributed by atoms with van der Waals surface area (Å²) in [6, 6.07) is 12.0. The van der Waals surface area contributed by atoms with E-state index in [1.54, 1.807) is 18.2 Å². The number of Topliss-reactive ketones (excluding diaryl/α,β-unsaturated/α-hetero) is 1. The van der Waals surface area contributed by atoms with Crippen LogP contribution in [0, 0.1) is 5.92 Å². The molecule has 2 aromatic rings. The zero-order valence-corrected chi connectivity index (χ0v) is 16.1. The Morgan fingerprint density at radius 1 is 0.929 bits per heavy atom. The Hall–Kier alpha value is -2.19. The van der Waals surface area contributed by atoms with Crippen molar-refractivity contribution >= 4 is 32.7 Å².